The third kappa shape index (κ3) is 25.1. The summed E-state index contributed by atoms with van der Waals surface area (Å²) in [6, 6.07) is 0. The molecule has 0 aliphatic heterocycles. The molecule has 0 rings (SSSR count). The van der Waals surface area contributed by atoms with Gasteiger partial charge in [0.25, 0.3) is 10.3 Å². The second-order valence-corrected chi connectivity index (χ2v) is 10.9. The molecular formula is C29H57N3O5S2. The molecule has 0 fully saturated rings. The minimum Gasteiger partial charge on any atom is -0.487 e. The van der Waals surface area contributed by atoms with E-state index in [1.165, 1.54) is 4.90 Å². The van der Waals surface area contributed by atoms with E-state index in [2.05, 4.69) is 50.9 Å². The molecule has 0 saturated carbocycles. The minimum absolute atomic E-state index is 0.0741. The lowest BCUT2D eigenvalue weighted by atomic mass is 9.79. The first-order valence-corrected chi connectivity index (χ1v) is 15.4. The Bertz CT molecular complexity index is 619. The van der Waals surface area contributed by atoms with E-state index in [-0.39, 0.29) is 41.8 Å². The summed E-state index contributed by atoms with van der Waals surface area (Å²) in [6.45, 7) is 6.44. The number of aliphatic hydroxyl groups is 2. The largest absolute Gasteiger partial charge is 0.487 e. The van der Waals surface area contributed by atoms with Crippen molar-refractivity contribution < 1.29 is 24.6 Å². The Kier molecular flexibility index (Phi) is 29.9. The van der Waals surface area contributed by atoms with E-state index >= 15 is 0 Å². The highest BCUT2D eigenvalue weighted by atomic mass is 32.1. The second-order valence-electron chi connectivity index (χ2n) is 10.1. The maximum Gasteiger partial charge on any atom is 0.256 e. The van der Waals surface area contributed by atoms with Crippen molar-refractivity contribution in [1.29, 1.82) is 0 Å². The van der Waals surface area contributed by atoms with Crippen LogP contribution in [0.1, 0.15) is 136 Å². The molecule has 10 heteroatoms. The number of ketones is 3. The van der Waals surface area contributed by atoms with Crippen LogP contribution in [-0.4, -0.2) is 62.4 Å². The fourth-order valence-electron chi connectivity index (χ4n) is 3.73. The maximum absolute atomic E-state index is 12.9. The third-order valence-corrected chi connectivity index (χ3v) is 6.59. The molecular weight excluding hydrogens is 534 g/mol. The molecule has 0 aromatic rings. The van der Waals surface area contributed by atoms with Crippen molar-refractivity contribution in [2.45, 2.75) is 142 Å². The van der Waals surface area contributed by atoms with E-state index in [9.17, 15) is 14.4 Å². The quantitative estimate of drug-likeness (QED) is 0.0649. The van der Waals surface area contributed by atoms with Gasteiger partial charge in [0.15, 0.2) is 22.9 Å². The molecule has 0 aromatic carbocycles. The Morgan fingerprint density at radius 3 is 1.00 bits per heavy atom. The van der Waals surface area contributed by atoms with Crippen LogP contribution in [0.5, 0.6) is 0 Å². The first-order chi connectivity index (χ1) is 18.3. The van der Waals surface area contributed by atoms with E-state index in [1.54, 1.807) is 14.1 Å². The van der Waals surface area contributed by atoms with Gasteiger partial charge in [-0.1, -0.05) is 97.8 Å². The number of unbranched alkanes of at least 4 members (excludes halogenated alkanes) is 12. The number of carbonyl (C=O) groups is 3. The first kappa shape index (κ1) is 41.8. The van der Waals surface area contributed by atoms with Gasteiger partial charge in [0.2, 0.25) is 0 Å². The van der Waals surface area contributed by atoms with Gasteiger partial charge in [0.05, 0.1) is 0 Å². The van der Waals surface area contributed by atoms with Crippen molar-refractivity contribution in [3.63, 3.8) is 0 Å². The zero-order valence-electron chi connectivity index (χ0n) is 25.3. The summed E-state index contributed by atoms with van der Waals surface area (Å²) in [4.78, 5) is 40.1. The first-order valence-electron chi connectivity index (χ1n) is 14.6. The zero-order valence-corrected chi connectivity index (χ0v) is 26.9. The van der Waals surface area contributed by atoms with Gasteiger partial charge in [0, 0.05) is 33.4 Å². The molecule has 0 atom stereocenters. The minimum atomic E-state index is -1.90. The van der Waals surface area contributed by atoms with Gasteiger partial charge in [-0.3, -0.25) is 14.4 Å². The topological polar surface area (TPSA) is 147 Å². The highest BCUT2D eigenvalue weighted by Gasteiger charge is 2.46. The van der Waals surface area contributed by atoms with E-state index in [1.807, 2.05) is 0 Å². The van der Waals surface area contributed by atoms with Gasteiger partial charge in [-0.15, -0.1) is 0 Å². The van der Waals surface area contributed by atoms with Gasteiger partial charge in [0.1, 0.15) is 0 Å². The smallest absolute Gasteiger partial charge is 0.256 e. The number of nitrogens with zero attached hydrogens (tertiary/aromatic N) is 1. The number of Topliss-reactive ketones (excluding diaryl/α,β-unsaturated/α-hetero) is 3. The van der Waals surface area contributed by atoms with Crippen LogP contribution in [0, 0.1) is 0 Å². The predicted octanol–water partition coefficient (Wildman–Crippen LogP) is 6.65. The summed E-state index contributed by atoms with van der Waals surface area (Å²) < 4.78 is 0. The lowest BCUT2D eigenvalue weighted by Gasteiger charge is -2.25. The molecule has 0 heterocycles. The number of carbonyl (C=O) groups excluding carboxylic acids is 3. The van der Waals surface area contributed by atoms with Crippen LogP contribution in [0.25, 0.3) is 0 Å². The second kappa shape index (κ2) is 27.9. The summed E-state index contributed by atoms with van der Waals surface area (Å²) in [5.74, 6) is -1.07. The number of hydrogen-bond donors (Lipinski definition) is 4. The molecule has 0 aliphatic carbocycles. The zero-order chi connectivity index (χ0) is 30.7. The van der Waals surface area contributed by atoms with Crippen LogP contribution in [-0.2, 0) is 14.4 Å². The third-order valence-electron chi connectivity index (χ3n) is 6.22. The summed E-state index contributed by atoms with van der Waals surface area (Å²) in [5.41, 5.74) is 8.80. The van der Waals surface area contributed by atoms with Crippen molar-refractivity contribution in [1.82, 2.24) is 4.90 Å². The fourth-order valence-corrected chi connectivity index (χ4v) is 3.73. The number of rotatable bonds is 21. The van der Waals surface area contributed by atoms with E-state index in [0.717, 1.165) is 77.0 Å². The normalized spacial score (nSPS) is 10.4. The van der Waals surface area contributed by atoms with Crippen molar-refractivity contribution in [3.8, 4) is 0 Å². The van der Waals surface area contributed by atoms with E-state index in [0.29, 0.717) is 19.3 Å². The van der Waals surface area contributed by atoms with E-state index < -0.39 is 10.7 Å². The molecule has 8 nitrogen and oxygen atoms in total. The Morgan fingerprint density at radius 1 is 0.615 bits per heavy atom. The predicted molar refractivity (Wildman–Crippen MR) is 170 cm³/mol. The van der Waals surface area contributed by atoms with Crippen LogP contribution in [0.3, 0.4) is 0 Å². The van der Waals surface area contributed by atoms with Gasteiger partial charge in [-0.2, -0.15) is 0 Å². The van der Waals surface area contributed by atoms with Gasteiger partial charge < -0.3 is 26.6 Å². The summed E-state index contributed by atoms with van der Waals surface area (Å²) in [5, 5.41) is 15.3. The summed E-state index contributed by atoms with van der Waals surface area (Å²) in [7, 11) is 3.37. The highest BCUT2D eigenvalue weighted by molar-refractivity contribution is 7.80. The molecule has 0 spiro atoms. The summed E-state index contributed by atoms with van der Waals surface area (Å²) in [6.07, 6.45) is 15.8. The molecule has 0 amide bonds. The van der Waals surface area contributed by atoms with Crippen molar-refractivity contribution in [2.75, 3.05) is 14.1 Å². The molecule has 0 aliphatic rings. The summed E-state index contributed by atoms with van der Waals surface area (Å²) >= 11 is 8.17. The van der Waals surface area contributed by atoms with Crippen molar-refractivity contribution in [2.24, 2.45) is 11.5 Å². The molecule has 230 valence electrons. The molecule has 0 bridgehead atoms. The lowest BCUT2D eigenvalue weighted by molar-refractivity contribution is -0.142. The number of nitrogens with two attached hydrogens (primary N) is 2. The van der Waals surface area contributed by atoms with Crippen LogP contribution in [0.4, 0.5) is 0 Å². The van der Waals surface area contributed by atoms with Crippen molar-refractivity contribution in [3.05, 3.63) is 0 Å². The van der Waals surface area contributed by atoms with Crippen LogP contribution in [0.15, 0.2) is 0 Å². The monoisotopic (exact) mass is 591 g/mol. The van der Waals surface area contributed by atoms with E-state index in [4.69, 9.17) is 15.9 Å². The van der Waals surface area contributed by atoms with Gasteiger partial charge in [-0.25, -0.2) is 0 Å². The molecule has 0 radical (unpaired) electrons. The number of thiocarbonyl (C=S) groups is 2. The van der Waals surface area contributed by atoms with Gasteiger partial charge in [-0.05, 0) is 43.7 Å². The average molecular weight is 592 g/mol. The Morgan fingerprint density at radius 2 is 0.821 bits per heavy atom. The molecule has 0 aromatic heterocycles. The molecule has 0 unspecified atom stereocenters. The lowest BCUT2D eigenvalue weighted by Crippen LogP contribution is -2.61. The number of aliphatic hydroxyl groups excluding tert-OH is 2. The van der Waals surface area contributed by atoms with Crippen LogP contribution < -0.4 is 11.5 Å². The molecule has 0 saturated heterocycles. The Hall–Kier alpha value is -1.65. The Labute approximate surface area is 248 Å². The van der Waals surface area contributed by atoms with Crippen LogP contribution in [0.2, 0.25) is 0 Å². The standard InChI is InChI=1S/C25H47NO3.C3H7NOS.CH3NOS/c1-4-7-10-13-16-19-22(27)25(26,23(28)20-17-14-11-8-5-2)24(29)21-18-15-12-9-6-3;1-4(2)3(5)6;2-1(3)4/h4-21,26H2,1-3H3;1-2H3,(H,5,6);(H3,2,3,4). The van der Waals surface area contributed by atoms with Crippen LogP contribution >= 0.6 is 24.4 Å². The maximum atomic E-state index is 12.9. The molecule has 6 N–H and O–H groups in total. The highest BCUT2D eigenvalue weighted by Crippen LogP contribution is 2.20. The van der Waals surface area contributed by atoms with Crippen molar-refractivity contribution >= 4 is 52.1 Å². The number of hydrogen-bond acceptors (Lipinski definition) is 6. The SMILES string of the molecule is CCCCCCCC(=O)C(N)(C(=O)CCCCCCC)C(=O)CCCCCCC.CN(C)C(O)=S.NC(O)=S. The average Bonchev–Trinajstić information content (AvgIpc) is 2.87. The fraction of sp³-hybridized carbons (Fsp3) is 0.828. The Balaban J connectivity index is -0.00000109. The van der Waals surface area contributed by atoms with Gasteiger partial charge >= 0.3 is 0 Å². The molecule has 39 heavy (non-hydrogen) atoms.